The first-order chi connectivity index (χ1) is 13.2. The van der Waals surface area contributed by atoms with Crippen LogP contribution < -0.4 is 15.4 Å². The summed E-state index contributed by atoms with van der Waals surface area (Å²) in [6.07, 6.45) is 2.21. The maximum absolute atomic E-state index is 13.1. The third kappa shape index (κ3) is 3.98. The van der Waals surface area contributed by atoms with Gasteiger partial charge in [-0.3, -0.25) is 14.5 Å². The van der Waals surface area contributed by atoms with Crippen molar-refractivity contribution in [3.05, 3.63) is 29.8 Å². The van der Waals surface area contributed by atoms with Crippen LogP contribution in [-0.2, 0) is 16.1 Å². The number of methoxy groups -OCH3 is 1. The Bertz CT molecular complexity index is 792. The van der Waals surface area contributed by atoms with Crippen LogP contribution in [0.5, 0.6) is 5.75 Å². The van der Waals surface area contributed by atoms with Crippen LogP contribution in [0.25, 0.3) is 0 Å². The van der Waals surface area contributed by atoms with E-state index in [1.165, 1.54) is 0 Å². The van der Waals surface area contributed by atoms with E-state index in [1.54, 1.807) is 7.11 Å². The molecule has 1 aromatic rings. The van der Waals surface area contributed by atoms with Crippen LogP contribution in [0.3, 0.4) is 0 Å². The molecule has 1 spiro atoms. The second-order valence-corrected chi connectivity index (χ2v) is 8.85. The van der Waals surface area contributed by atoms with Gasteiger partial charge in [-0.25, -0.2) is 4.79 Å². The van der Waals surface area contributed by atoms with Crippen molar-refractivity contribution in [1.29, 1.82) is 0 Å². The Morgan fingerprint density at radius 3 is 2.68 bits per heavy atom. The molecule has 2 atom stereocenters. The molecule has 2 aliphatic rings. The van der Waals surface area contributed by atoms with Crippen LogP contribution in [-0.4, -0.2) is 41.9 Å². The Morgan fingerprint density at radius 1 is 1.29 bits per heavy atom. The second-order valence-electron chi connectivity index (χ2n) is 8.85. The van der Waals surface area contributed by atoms with Gasteiger partial charge in [0.15, 0.2) is 0 Å². The molecular formula is C21H29N3O4. The number of amides is 4. The quantitative estimate of drug-likeness (QED) is 0.760. The summed E-state index contributed by atoms with van der Waals surface area (Å²) in [4.78, 5) is 39.0. The maximum atomic E-state index is 13.1. The lowest BCUT2D eigenvalue weighted by atomic mass is 9.64. The van der Waals surface area contributed by atoms with Crippen molar-refractivity contribution in [1.82, 2.24) is 15.5 Å². The zero-order chi connectivity index (χ0) is 20.5. The Kier molecular flexibility index (Phi) is 5.37. The van der Waals surface area contributed by atoms with Gasteiger partial charge in [-0.05, 0) is 36.7 Å². The Hall–Kier alpha value is -2.57. The summed E-state index contributed by atoms with van der Waals surface area (Å²) in [6.45, 7) is 6.32. The minimum absolute atomic E-state index is 0.0390. The molecule has 0 aromatic heterocycles. The summed E-state index contributed by atoms with van der Waals surface area (Å²) in [5, 5.41) is 5.66. The van der Waals surface area contributed by atoms with E-state index < -0.39 is 11.6 Å². The van der Waals surface area contributed by atoms with Crippen molar-refractivity contribution in [2.45, 2.75) is 52.1 Å². The normalized spacial score (nSPS) is 26.3. The molecule has 1 saturated carbocycles. The molecule has 152 valence electrons. The molecule has 1 heterocycles. The molecule has 28 heavy (non-hydrogen) atoms. The van der Waals surface area contributed by atoms with Crippen LogP contribution in [0.1, 0.15) is 45.6 Å². The van der Waals surface area contributed by atoms with E-state index in [9.17, 15) is 14.4 Å². The summed E-state index contributed by atoms with van der Waals surface area (Å²) in [5.74, 6) is 0.335. The molecule has 0 unspecified atom stereocenters. The van der Waals surface area contributed by atoms with Gasteiger partial charge in [0.25, 0.3) is 5.91 Å². The van der Waals surface area contributed by atoms with E-state index in [4.69, 9.17) is 4.74 Å². The van der Waals surface area contributed by atoms with Gasteiger partial charge in [0.1, 0.15) is 17.8 Å². The van der Waals surface area contributed by atoms with Crippen molar-refractivity contribution < 1.29 is 19.1 Å². The van der Waals surface area contributed by atoms with Gasteiger partial charge in [0, 0.05) is 12.1 Å². The number of urea groups is 1. The summed E-state index contributed by atoms with van der Waals surface area (Å²) in [5.41, 5.74) is -0.0981. The number of imide groups is 1. The second kappa shape index (κ2) is 7.45. The van der Waals surface area contributed by atoms with E-state index in [0.717, 1.165) is 16.9 Å². The zero-order valence-electron chi connectivity index (χ0n) is 17.0. The highest BCUT2D eigenvalue weighted by Gasteiger charge is 2.56. The average molecular weight is 387 g/mol. The van der Waals surface area contributed by atoms with Gasteiger partial charge in [0.05, 0.1) is 7.11 Å². The standard InChI is InChI=1S/C21H29N3O4/c1-14-9-20(2,3)13-21(10-14)18(26)24(19(27)23-21)12-17(25)22-11-15-7-5-6-8-16(15)28-4/h5-8,14H,9-13H2,1-4H3,(H,22,25)(H,23,27)/t14-,21+/m0/s1. The van der Waals surface area contributed by atoms with Crippen molar-refractivity contribution in [2.24, 2.45) is 11.3 Å². The van der Waals surface area contributed by atoms with Crippen LogP contribution in [0, 0.1) is 11.3 Å². The third-order valence-corrected chi connectivity index (χ3v) is 5.59. The molecular weight excluding hydrogens is 358 g/mol. The molecule has 3 rings (SSSR count). The number of hydrogen-bond donors (Lipinski definition) is 2. The first kappa shape index (κ1) is 20.2. The summed E-state index contributed by atoms with van der Waals surface area (Å²) < 4.78 is 5.27. The smallest absolute Gasteiger partial charge is 0.325 e. The lowest BCUT2D eigenvalue weighted by Gasteiger charge is -2.43. The number of hydrogen-bond acceptors (Lipinski definition) is 4. The highest BCUT2D eigenvalue weighted by Crippen LogP contribution is 2.46. The van der Waals surface area contributed by atoms with Gasteiger partial charge >= 0.3 is 6.03 Å². The number of carbonyl (C=O) groups is 3. The first-order valence-electron chi connectivity index (χ1n) is 9.68. The van der Waals surface area contributed by atoms with E-state index in [2.05, 4.69) is 31.4 Å². The molecule has 1 aliphatic heterocycles. The summed E-state index contributed by atoms with van der Waals surface area (Å²) in [7, 11) is 1.57. The zero-order valence-corrected chi connectivity index (χ0v) is 17.0. The van der Waals surface area contributed by atoms with Crippen LogP contribution >= 0.6 is 0 Å². The van der Waals surface area contributed by atoms with E-state index >= 15 is 0 Å². The van der Waals surface area contributed by atoms with Crippen molar-refractivity contribution in [2.75, 3.05) is 13.7 Å². The monoisotopic (exact) mass is 387 g/mol. The molecule has 2 N–H and O–H groups in total. The predicted octanol–water partition coefficient (Wildman–Crippen LogP) is 2.45. The van der Waals surface area contributed by atoms with Crippen molar-refractivity contribution in [3.63, 3.8) is 0 Å². The Labute approximate surface area is 165 Å². The fourth-order valence-electron chi connectivity index (χ4n) is 4.89. The van der Waals surface area contributed by atoms with E-state index in [-0.39, 0.29) is 30.3 Å². The minimum atomic E-state index is -0.888. The van der Waals surface area contributed by atoms with Crippen LogP contribution in [0.4, 0.5) is 4.79 Å². The molecule has 1 aromatic carbocycles. The molecule has 0 radical (unpaired) electrons. The number of rotatable bonds is 5. The predicted molar refractivity (Wildman–Crippen MR) is 105 cm³/mol. The van der Waals surface area contributed by atoms with Gasteiger partial charge in [0.2, 0.25) is 5.91 Å². The third-order valence-electron chi connectivity index (χ3n) is 5.59. The number of ether oxygens (including phenoxy) is 1. The van der Waals surface area contributed by atoms with Gasteiger partial charge < -0.3 is 15.4 Å². The van der Waals surface area contributed by atoms with Crippen LogP contribution in [0.15, 0.2) is 24.3 Å². The fraction of sp³-hybridized carbons (Fsp3) is 0.571. The van der Waals surface area contributed by atoms with E-state index in [1.807, 2.05) is 24.3 Å². The molecule has 2 fully saturated rings. The van der Waals surface area contributed by atoms with Crippen molar-refractivity contribution >= 4 is 17.8 Å². The molecule has 1 aliphatic carbocycles. The topological polar surface area (TPSA) is 87.7 Å². The number of nitrogens with one attached hydrogen (secondary N) is 2. The van der Waals surface area contributed by atoms with Crippen molar-refractivity contribution in [3.8, 4) is 5.75 Å². The number of para-hydroxylation sites is 1. The van der Waals surface area contributed by atoms with Gasteiger partial charge in [-0.2, -0.15) is 0 Å². The summed E-state index contributed by atoms with van der Waals surface area (Å²) in [6, 6.07) is 6.89. The average Bonchev–Trinajstić information content (AvgIpc) is 2.81. The van der Waals surface area contributed by atoms with E-state index in [0.29, 0.717) is 24.5 Å². The molecule has 7 nitrogen and oxygen atoms in total. The largest absolute Gasteiger partial charge is 0.496 e. The highest BCUT2D eigenvalue weighted by molar-refractivity contribution is 6.09. The molecule has 4 amide bonds. The SMILES string of the molecule is COc1ccccc1CNC(=O)CN1C(=O)N[C@@]2(C[C@@H](C)CC(C)(C)C2)C1=O. The Balaban J connectivity index is 1.65. The lowest BCUT2D eigenvalue weighted by molar-refractivity contribution is -0.137. The fourth-order valence-corrected chi connectivity index (χ4v) is 4.89. The molecule has 7 heteroatoms. The molecule has 0 bridgehead atoms. The first-order valence-corrected chi connectivity index (χ1v) is 9.68. The minimum Gasteiger partial charge on any atom is -0.496 e. The molecule has 1 saturated heterocycles. The van der Waals surface area contributed by atoms with Crippen LogP contribution in [0.2, 0.25) is 0 Å². The van der Waals surface area contributed by atoms with Gasteiger partial charge in [-0.15, -0.1) is 0 Å². The Morgan fingerprint density at radius 2 is 2.00 bits per heavy atom. The maximum Gasteiger partial charge on any atom is 0.325 e. The summed E-state index contributed by atoms with van der Waals surface area (Å²) >= 11 is 0. The van der Waals surface area contributed by atoms with Gasteiger partial charge in [-0.1, -0.05) is 39.0 Å². The lowest BCUT2D eigenvalue weighted by Crippen LogP contribution is -2.54. The number of carbonyl (C=O) groups excluding carboxylic acids is 3. The number of benzene rings is 1. The number of nitrogens with zero attached hydrogens (tertiary/aromatic N) is 1. The highest BCUT2D eigenvalue weighted by atomic mass is 16.5.